The number of fused-ring (bicyclic) bond motifs is 1. The first kappa shape index (κ1) is 16.5. The van der Waals surface area contributed by atoms with Crippen molar-refractivity contribution in [2.45, 2.75) is 57.8 Å². The molecule has 4 rings (SSSR count). The summed E-state index contributed by atoms with van der Waals surface area (Å²) in [5, 5.41) is 2.99. The molecule has 1 saturated carbocycles. The number of nitrogens with zero attached hydrogens (tertiary/aromatic N) is 2. The number of carbonyl (C=O) groups is 1. The number of amides is 1. The van der Waals surface area contributed by atoms with Gasteiger partial charge in [-0.25, -0.2) is 0 Å². The summed E-state index contributed by atoms with van der Waals surface area (Å²) in [4.78, 5) is 15.0. The lowest BCUT2D eigenvalue weighted by Crippen LogP contribution is -2.37. The van der Waals surface area contributed by atoms with Crippen molar-refractivity contribution < 1.29 is 9.21 Å². The molecule has 5 heteroatoms. The summed E-state index contributed by atoms with van der Waals surface area (Å²) in [5.74, 6) is 1.27. The van der Waals surface area contributed by atoms with E-state index in [1.807, 2.05) is 12.1 Å². The maximum atomic E-state index is 12.4. The lowest BCUT2D eigenvalue weighted by molar-refractivity contribution is -0.122. The normalized spacial score (nSPS) is 21.8. The zero-order chi connectivity index (χ0) is 17.1. The summed E-state index contributed by atoms with van der Waals surface area (Å²) in [7, 11) is 0. The quantitative estimate of drug-likeness (QED) is 0.909. The maximum absolute atomic E-state index is 12.4. The van der Waals surface area contributed by atoms with E-state index < -0.39 is 0 Å². The van der Waals surface area contributed by atoms with Crippen LogP contribution in [0.4, 0.5) is 0 Å². The molecule has 0 bridgehead atoms. The second-order valence-corrected chi connectivity index (χ2v) is 7.45. The molecule has 134 valence electrons. The van der Waals surface area contributed by atoms with Crippen LogP contribution in [-0.2, 0) is 24.4 Å². The number of hydrogen-bond donors (Lipinski definition) is 1. The standard InChI is InChI=1S/C20H27N3O2/c24-20(21-12-19-8-4-10-25-19)11-16-13-22-9-3-7-18(22)15-23(14-16)17-5-1-2-6-17/h3-4,7-10,16-17H,1-2,5-6,11-15H2,(H,21,24). The molecule has 1 fully saturated rings. The van der Waals surface area contributed by atoms with Gasteiger partial charge in [-0.15, -0.1) is 0 Å². The zero-order valence-electron chi connectivity index (χ0n) is 14.7. The van der Waals surface area contributed by atoms with Crippen molar-refractivity contribution in [3.05, 3.63) is 48.2 Å². The van der Waals surface area contributed by atoms with Crippen LogP contribution in [-0.4, -0.2) is 28.0 Å². The molecule has 1 aliphatic heterocycles. The minimum Gasteiger partial charge on any atom is -0.467 e. The lowest BCUT2D eigenvalue weighted by atomic mass is 10.0. The van der Waals surface area contributed by atoms with Crippen molar-refractivity contribution in [2.75, 3.05) is 6.54 Å². The average Bonchev–Trinajstić information content (AvgIpc) is 3.35. The molecule has 0 spiro atoms. The zero-order valence-corrected chi connectivity index (χ0v) is 14.7. The molecule has 0 saturated heterocycles. The predicted octanol–water partition coefficient (Wildman–Crippen LogP) is 3.16. The molecule has 0 aromatic carbocycles. The van der Waals surface area contributed by atoms with Crippen LogP contribution in [0, 0.1) is 5.92 Å². The second-order valence-electron chi connectivity index (χ2n) is 7.45. The third-order valence-corrected chi connectivity index (χ3v) is 5.59. The Labute approximate surface area is 149 Å². The monoisotopic (exact) mass is 341 g/mol. The van der Waals surface area contributed by atoms with E-state index in [0.717, 1.165) is 25.4 Å². The van der Waals surface area contributed by atoms with E-state index in [4.69, 9.17) is 4.42 Å². The number of carbonyl (C=O) groups excluding carboxylic acids is 1. The molecule has 1 N–H and O–H groups in total. The van der Waals surface area contributed by atoms with Gasteiger partial charge in [-0.1, -0.05) is 12.8 Å². The first-order valence-corrected chi connectivity index (χ1v) is 9.45. The van der Waals surface area contributed by atoms with Gasteiger partial charge in [0, 0.05) is 44.0 Å². The molecule has 3 heterocycles. The van der Waals surface area contributed by atoms with Gasteiger partial charge < -0.3 is 14.3 Å². The fourth-order valence-corrected chi connectivity index (χ4v) is 4.32. The molecule has 1 aliphatic carbocycles. The SMILES string of the molecule is O=C(CC1CN(C2CCCC2)Cc2cccn2C1)NCc1ccco1. The van der Waals surface area contributed by atoms with E-state index in [9.17, 15) is 4.79 Å². The second kappa shape index (κ2) is 7.48. The largest absolute Gasteiger partial charge is 0.467 e. The lowest BCUT2D eigenvalue weighted by Gasteiger charge is -2.29. The van der Waals surface area contributed by atoms with Gasteiger partial charge in [0.15, 0.2) is 0 Å². The molecular weight excluding hydrogens is 314 g/mol. The summed E-state index contributed by atoms with van der Waals surface area (Å²) in [5.41, 5.74) is 1.38. The fourth-order valence-electron chi connectivity index (χ4n) is 4.32. The van der Waals surface area contributed by atoms with E-state index in [-0.39, 0.29) is 5.91 Å². The third-order valence-electron chi connectivity index (χ3n) is 5.59. The Morgan fingerprint density at radius 3 is 2.88 bits per heavy atom. The molecule has 2 aromatic heterocycles. The molecule has 1 amide bonds. The van der Waals surface area contributed by atoms with Gasteiger partial charge in [0.05, 0.1) is 12.8 Å². The summed E-state index contributed by atoms with van der Waals surface area (Å²) < 4.78 is 7.62. The van der Waals surface area contributed by atoms with E-state index in [2.05, 4.69) is 33.1 Å². The average molecular weight is 341 g/mol. The van der Waals surface area contributed by atoms with Gasteiger partial charge >= 0.3 is 0 Å². The van der Waals surface area contributed by atoms with Crippen LogP contribution < -0.4 is 5.32 Å². The van der Waals surface area contributed by atoms with Crippen molar-refractivity contribution in [1.82, 2.24) is 14.8 Å². The maximum Gasteiger partial charge on any atom is 0.220 e. The number of nitrogens with one attached hydrogen (secondary N) is 1. The predicted molar refractivity (Wildman–Crippen MR) is 95.8 cm³/mol. The van der Waals surface area contributed by atoms with Crippen LogP contribution >= 0.6 is 0 Å². The van der Waals surface area contributed by atoms with E-state index >= 15 is 0 Å². The van der Waals surface area contributed by atoms with Gasteiger partial charge in [-0.2, -0.15) is 0 Å². The summed E-state index contributed by atoms with van der Waals surface area (Å²) in [6.07, 6.45) is 9.66. The third kappa shape index (κ3) is 3.98. The number of rotatable bonds is 5. The Balaban J connectivity index is 1.39. The molecule has 2 aliphatic rings. The van der Waals surface area contributed by atoms with Crippen LogP contribution in [0.2, 0.25) is 0 Å². The van der Waals surface area contributed by atoms with Crippen molar-refractivity contribution in [3.8, 4) is 0 Å². The Kier molecular flexibility index (Phi) is 4.92. The molecular formula is C20H27N3O2. The van der Waals surface area contributed by atoms with Crippen LogP contribution in [0.5, 0.6) is 0 Å². The Morgan fingerprint density at radius 1 is 1.20 bits per heavy atom. The number of hydrogen-bond acceptors (Lipinski definition) is 3. The van der Waals surface area contributed by atoms with Crippen molar-refractivity contribution >= 4 is 5.91 Å². The fraction of sp³-hybridized carbons (Fsp3) is 0.550. The number of furan rings is 1. The van der Waals surface area contributed by atoms with E-state index in [1.54, 1.807) is 6.26 Å². The first-order chi connectivity index (χ1) is 12.3. The molecule has 1 atom stereocenters. The van der Waals surface area contributed by atoms with E-state index in [0.29, 0.717) is 24.9 Å². The summed E-state index contributed by atoms with van der Waals surface area (Å²) >= 11 is 0. The van der Waals surface area contributed by atoms with Crippen LogP contribution in [0.25, 0.3) is 0 Å². The van der Waals surface area contributed by atoms with Crippen molar-refractivity contribution in [3.63, 3.8) is 0 Å². The van der Waals surface area contributed by atoms with Crippen LogP contribution in [0.1, 0.15) is 43.6 Å². The highest BCUT2D eigenvalue weighted by atomic mass is 16.3. The molecule has 25 heavy (non-hydrogen) atoms. The van der Waals surface area contributed by atoms with Gasteiger partial charge in [0.1, 0.15) is 5.76 Å². The highest BCUT2D eigenvalue weighted by Gasteiger charge is 2.29. The highest BCUT2D eigenvalue weighted by Crippen LogP contribution is 2.28. The smallest absolute Gasteiger partial charge is 0.220 e. The highest BCUT2D eigenvalue weighted by molar-refractivity contribution is 5.76. The molecule has 1 unspecified atom stereocenters. The van der Waals surface area contributed by atoms with Gasteiger partial charge in [-0.05, 0) is 43.0 Å². The van der Waals surface area contributed by atoms with Crippen LogP contribution in [0.15, 0.2) is 41.1 Å². The van der Waals surface area contributed by atoms with Gasteiger partial charge in [0.2, 0.25) is 5.91 Å². The Morgan fingerprint density at radius 2 is 2.08 bits per heavy atom. The van der Waals surface area contributed by atoms with Crippen LogP contribution in [0.3, 0.4) is 0 Å². The molecule has 5 nitrogen and oxygen atoms in total. The topological polar surface area (TPSA) is 50.4 Å². The van der Waals surface area contributed by atoms with E-state index in [1.165, 1.54) is 31.4 Å². The Hall–Kier alpha value is -2.01. The van der Waals surface area contributed by atoms with Gasteiger partial charge in [0.25, 0.3) is 0 Å². The number of aromatic nitrogens is 1. The molecule has 0 radical (unpaired) electrons. The van der Waals surface area contributed by atoms with Crippen molar-refractivity contribution in [1.29, 1.82) is 0 Å². The Bertz CT molecular complexity index is 686. The molecule has 2 aromatic rings. The summed E-state index contributed by atoms with van der Waals surface area (Å²) in [6, 6.07) is 8.78. The first-order valence-electron chi connectivity index (χ1n) is 9.45. The minimum atomic E-state index is 0.114. The van der Waals surface area contributed by atoms with Gasteiger partial charge in [-0.3, -0.25) is 9.69 Å². The van der Waals surface area contributed by atoms with Crippen molar-refractivity contribution in [2.24, 2.45) is 5.92 Å². The summed E-state index contributed by atoms with van der Waals surface area (Å²) in [6.45, 7) is 3.43. The minimum absolute atomic E-state index is 0.114.